The average Bonchev–Trinajstić information content (AvgIpc) is 3.34. The van der Waals surface area contributed by atoms with Crippen LogP contribution in [0.2, 0.25) is 5.02 Å². The van der Waals surface area contributed by atoms with E-state index in [0.717, 1.165) is 36.6 Å². The molecule has 0 amide bonds. The van der Waals surface area contributed by atoms with Crippen molar-refractivity contribution in [3.8, 4) is 11.4 Å². The molecule has 1 atom stereocenters. The lowest BCUT2D eigenvalue weighted by Crippen LogP contribution is -2.42. The summed E-state index contributed by atoms with van der Waals surface area (Å²) < 4.78 is 7.32. The Hall–Kier alpha value is -2.21. The first-order valence-electron chi connectivity index (χ1n) is 9.59. The highest BCUT2D eigenvalue weighted by Gasteiger charge is 2.24. The van der Waals surface area contributed by atoms with E-state index in [1.165, 1.54) is 0 Å². The van der Waals surface area contributed by atoms with Crippen molar-refractivity contribution in [2.24, 2.45) is 4.99 Å². The van der Waals surface area contributed by atoms with Gasteiger partial charge in [0, 0.05) is 37.1 Å². The maximum atomic E-state index is 5.92. The van der Waals surface area contributed by atoms with Crippen LogP contribution in [0.4, 0.5) is 0 Å². The molecule has 0 bridgehead atoms. The van der Waals surface area contributed by atoms with Crippen LogP contribution in [-0.2, 0) is 13.0 Å². The Morgan fingerprint density at radius 3 is 2.87 bits per heavy atom. The van der Waals surface area contributed by atoms with Gasteiger partial charge in [-0.25, -0.2) is 9.67 Å². The summed E-state index contributed by atoms with van der Waals surface area (Å²) in [6.07, 6.45) is 2.63. The minimum absolute atomic E-state index is 0. The van der Waals surface area contributed by atoms with Crippen LogP contribution in [0.3, 0.4) is 0 Å². The van der Waals surface area contributed by atoms with Gasteiger partial charge in [-0.2, -0.15) is 10.1 Å². The van der Waals surface area contributed by atoms with Gasteiger partial charge in [0.25, 0.3) is 0 Å². The molecule has 0 spiro atoms. The fourth-order valence-corrected chi connectivity index (χ4v) is 3.45. The number of aliphatic imine (C=N–C) groups is 1. The standard InChI is InChI=1S/C19H23ClN8O.HI/c1-12-23-18-15(4-3-11-28(18)26-12)24-19(21-2)22-10-9-16-25-17(27-29-16)13-5-7-14(20)8-6-13;/h5-8,15H,3-4,9-11H2,1-2H3,(H2,21,22,24);1H. The predicted octanol–water partition coefficient (Wildman–Crippen LogP) is 3.15. The topological polar surface area (TPSA) is 106 Å². The van der Waals surface area contributed by atoms with Crippen molar-refractivity contribution in [2.75, 3.05) is 13.6 Å². The number of hydrogen-bond acceptors (Lipinski definition) is 6. The van der Waals surface area contributed by atoms with E-state index in [-0.39, 0.29) is 30.0 Å². The molecule has 3 heterocycles. The highest BCUT2D eigenvalue weighted by Crippen LogP contribution is 2.23. The molecule has 0 saturated carbocycles. The van der Waals surface area contributed by atoms with Crippen molar-refractivity contribution >= 4 is 41.5 Å². The Kier molecular flexibility index (Phi) is 7.64. The summed E-state index contributed by atoms with van der Waals surface area (Å²) in [5, 5.41) is 15.9. The van der Waals surface area contributed by atoms with E-state index in [0.29, 0.717) is 35.7 Å². The van der Waals surface area contributed by atoms with Crippen LogP contribution in [-0.4, -0.2) is 44.5 Å². The van der Waals surface area contributed by atoms with Gasteiger partial charge in [0.1, 0.15) is 11.6 Å². The van der Waals surface area contributed by atoms with Crippen LogP contribution >= 0.6 is 35.6 Å². The lowest BCUT2D eigenvalue weighted by Gasteiger charge is -2.24. The molecule has 1 aliphatic rings. The third-order valence-corrected chi connectivity index (χ3v) is 4.97. The number of benzene rings is 1. The number of aromatic nitrogens is 5. The maximum Gasteiger partial charge on any atom is 0.228 e. The quantitative estimate of drug-likeness (QED) is 0.290. The van der Waals surface area contributed by atoms with Crippen molar-refractivity contribution in [1.29, 1.82) is 0 Å². The van der Waals surface area contributed by atoms with Gasteiger partial charge in [-0.1, -0.05) is 16.8 Å². The summed E-state index contributed by atoms with van der Waals surface area (Å²) in [6.45, 7) is 3.44. The van der Waals surface area contributed by atoms with Gasteiger partial charge in [0.2, 0.25) is 11.7 Å². The highest BCUT2D eigenvalue weighted by molar-refractivity contribution is 14.0. The predicted molar refractivity (Wildman–Crippen MR) is 125 cm³/mol. The normalized spacial score (nSPS) is 16.0. The number of rotatable bonds is 5. The number of fused-ring (bicyclic) bond motifs is 1. The van der Waals surface area contributed by atoms with Gasteiger partial charge >= 0.3 is 0 Å². The monoisotopic (exact) mass is 542 g/mol. The molecule has 0 fully saturated rings. The molecule has 9 nitrogen and oxygen atoms in total. The number of halogens is 2. The molecule has 2 N–H and O–H groups in total. The van der Waals surface area contributed by atoms with E-state index >= 15 is 0 Å². The van der Waals surface area contributed by atoms with Crippen LogP contribution in [0, 0.1) is 6.92 Å². The maximum absolute atomic E-state index is 5.92. The van der Waals surface area contributed by atoms with Gasteiger partial charge in [0.05, 0.1) is 6.04 Å². The molecule has 0 saturated heterocycles. The Morgan fingerprint density at radius 2 is 2.10 bits per heavy atom. The van der Waals surface area contributed by atoms with Crippen LogP contribution in [0.25, 0.3) is 11.4 Å². The van der Waals surface area contributed by atoms with Gasteiger partial charge in [-0.3, -0.25) is 4.99 Å². The molecule has 2 aromatic heterocycles. The van der Waals surface area contributed by atoms with Crippen LogP contribution in [0.15, 0.2) is 33.8 Å². The molecule has 4 rings (SSSR count). The lowest BCUT2D eigenvalue weighted by atomic mass is 10.1. The first-order chi connectivity index (χ1) is 14.1. The number of nitrogens with one attached hydrogen (secondary N) is 2. The summed E-state index contributed by atoms with van der Waals surface area (Å²) in [5.74, 6) is 3.58. The molecule has 3 aromatic rings. The first-order valence-corrected chi connectivity index (χ1v) is 9.97. The average molecular weight is 543 g/mol. The molecular weight excluding hydrogens is 519 g/mol. The Morgan fingerprint density at radius 1 is 1.30 bits per heavy atom. The molecule has 1 unspecified atom stereocenters. The van der Waals surface area contributed by atoms with Gasteiger partial charge in [0.15, 0.2) is 5.96 Å². The second-order valence-electron chi connectivity index (χ2n) is 6.85. The molecule has 160 valence electrons. The van der Waals surface area contributed by atoms with Gasteiger partial charge < -0.3 is 15.2 Å². The Labute approximate surface area is 196 Å². The fourth-order valence-electron chi connectivity index (χ4n) is 3.33. The van der Waals surface area contributed by atoms with E-state index in [4.69, 9.17) is 16.1 Å². The van der Waals surface area contributed by atoms with Crippen molar-refractivity contribution in [1.82, 2.24) is 35.5 Å². The van der Waals surface area contributed by atoms with Gasteiger partial charge in [-0.05, 0) is 44.0 Å². The molecule has 1 aromatic carbocycles. The fraction of sp³-hybridized carbons (Fsp3) is 0.421. The summed E-state index contributed by atoms with van der Waals surface area (Å²) in [7, 11) is 1.75. The van der Waals surface area contributed by atoms with Gasteiger partial charge in [-0.15, -0.1) is 24.0 Å². The smallest absolute Gasteiger partial charge is 0.228 e. The highest BCUT2D eigenvalue weighted by atomic mass is 127. The zero-order valence-corrected chi connectivity index (χ0v) is 19.9. The molecule has 11 heteroatoms. The third-order valence-electron chi connectivity index (χ3n) is 4.72. The van der Waals surface area contributed by atoms with Crippen molar-refractivity contribution in [2.45, 2.75) is 38.8 Å². The molecule has 1 aliphatic heterocycles. The number of nitrogens with zero attached hydrogens (tertiary/aromatic N) is 6. The zero-order valence-electron chi connectivity index (χ0n) is 16.8. The minimum atomic E-state index is 0. The lowest BCUT2D eigenvalue weighted by molar-refractivity contribution is 0.377. The second kappa shape index (κ2) is 10.2. The van der Waals surface area contributed by atoms with Crippen LogP contribution in [0.5, 0.6) is 0 Å². The van der Waals surface area contributed by atoms with Crippen LogP contribution in [0.1, 0.15) is 36.4 Å². The van der Waals surface area contributed by atoms with E-state index < -0.39 is 0 Å². The van der Waals surface area contributed by atoms with Crippen molar-refractivity contribution in [3.05, 3.63) is 46.8 Å². The molecule has 30 heavy (non-hydrogen) atoms. The minimum Gasteiger partial charge on any atom is -0.356 e. The van der Waals surface area contributed by atoms with E-state index in [1.807, 2.05) is 23.7 Å². The molecule has 0 radical (unpaired) electrons. The van der Waals surface area contributed by atoms with E-state index in [1.54, 1.807) is 19.2 Å². The molecule has 0 aliphatic carbocycles. The third kappa shape index (κ3) is 5.28. The number of aryl methyl sites for hydroxylation is 2. The first kappa shape index (κ1) is 22.5. The summed E-state index contributed by atoms with van der Waals surface area (Å²) in [4.78, 5) is 13.3. The Balaban J connectivity index is 0.00000256. The van der Waals surface area contributed by atoms with Crippen LogP contribution < -0.4 is 10.6 Å². The summed E-state index contributed by atoms with van der Waals surface area (Å²) in [5.41, 5.74) is 0.867. The Bertz CT molecular complexity index is 1000. The SMILES string of the molecule is CN=C(NCCc1nc(-c2ccc(Cl)cc2)no1)NC1CCCn2nc(C)nc21.I. The number of hydrogen-bond donors (Lipinski definition) is 2. The second-order valence-corrected chi connectivity index (χ2v) is 7.28. The molecular formula is C19H24ClIN8O. The summed E-state index contributed by atoms with van der Waals surface area (Å²) in [6, 6.07) is 7.43. The van der Waals surface area contributed by atoms with Crippen molar-refractivity contribution < 1.29 is 4.52 Å². The van der Waals surface area contributed by atoms with E-state index in [9.17, 15) is 0 Å². The number of guanidine groups is 1. The van der Waals surface area contributed by atoms with E-state index in [2.05, 4.69) is 35.8 Å². The summed E-state index contributed by atoms with van der Waals surface area (Å²) >= 11 is 5.92. The largest absolute Gasteiger partial charge is 0.356 e. The zero-order chi connectivity index (χ0) is 20.2. The van der Waals surface area contributed by atoms with Crippen molar-refractivity contribution in [3.63, 3.8) is 0 Å².